The van der Waals surface area contributed by atoms with E-state index in [2.05, 4.69) is 35.8 Å². The van der Waals surface area contributed by atoms with Gasteiger partial charge >= 0.3 is 0 Å². The first-order valence-electron chi connectivity index (χ1n) is 2.86. The largest absolute Gasteiger partial charge is 0.145 e. The number of alkyl halides is 1. The van der Waals surface area contributed by atoms with Crippen LogP contribution in [0.4, 0.5) is 0 Å². The first-order valence-corrected chi connectivity index (χ1v) is 4.79. The molecule has 1 rings (SSSR count). The molecule has 0 aromatic carbocycles. The van der Waals surface area contributed by atoms with Gasteiger partial charge < -0.3 is 0 Å². The van der Waals surface area contributed by atoms with Gasteiger partial charge in [0.1, 0.15) is 0 Å². The molecule has 50 valence electrons. The number of halogens is 1. The molecule has 0 aliphatic heterocycles. The molecular weight excluding hydrogens is 196 g/mol. The van der Waals surface area contributed by atoms with Gasteiger partial charge in [0.05, 0.1) is 0 Å². The molecule has 0 bridgehead atoms. The third-order valence-corrected chi connectivity index (χ3v) is 3.48. The van der Waals surface area contributed by atoms with Crippen molar-refractivity contribution in [3.05, 3.63) is 21.4 Å². The maximum atomic E-state index is 3.42. The van der Waals surface area contributed by atoms with Gasteiger partial charge in [0.25, 0.3) is 0 Å². The molecule has 0 spiro atoms. The van der Waals surface area contributed by atoms with Crippen LogP contribution in [0, 0.1) is 13.8 Å². The number of hydrogen-bond donors (Lipinski definition) is 0. The lowest BCUT2D eigenvalue weighted by Gasteiger charge is -1.80. The van der Waals surface area contributed by atoms with Crippen LogP contribution in [0.2, 0.25) is 0 Å². The Bertz CT molecular complexity index is 183. The van der Waals surface area contributed by atoms with Crippen molar-refractivity contribution in [1.29, 1.82) is 0 Å². The van der Waals surface area contributed by atoms with Gasteiger partial charge in [-0.25, -0.2) is 0 Å². The van der Waals surface area contributed by atoms with E-state index >= 15 is 0 Å². The molecule has 9 heavy (non-hydrogen) atoms. The Balaban J connectivity index is 2.98. The second-order valence-corrected chi connectivity index (χ2v) is 3.99. The minimum absolute atomic E-state index is 0.992. The van der Waals surface area contributed by atoms with Crippen molar-refractivity contribution in [3.63, 3.8) is 0 Å². The molecule has 0 aliphatic rings. The van der Waals surface area contributed by atoms with Crippen LogP contribution < -0.4 is 0 Å². The van der Waals surface area contributed by atoms with Crippen LogP contribution >= 0.6 is 27.3 Å². The number of hydrogen-bond acceptors (Lipinski definition) is 1. The zero-order valence-electron chi connectivity index (χ0n) is 5.57. The number of thiophene rings is 1. The van der Waals surface area contributed by atoms with Gasteiger partial charge in [0.2, 0.25) is 0 Å². The fraction of sp³-hybridized carbons (Fsp3) is 0.429. The van der Waals surface area contributed by atoms with E-state index in [4.69, 9.17) is 0 Å². The summed E-state index contributed by atoms with van der Waals surface area (Å²) in [5, 5.41) is 0.992. The summed E-state index contributed by atoms with van der Waals surface area (Å²) < 4.78 is 0. The maximum Gasteiger partial charge on any atom is 0.0377 e. The van der Waals surface area contributed by atoms with Crippen LogP contribution in [0.3, 0.4) is 0 Å². The minimum Gasteiger partial charge on any atom is -0.145 e. The van der Waals surface area contributed by atoms with Gasteiger partial charge in [-0.2, -0.15) is 0 Å². The Morgan fingerprint density at radius 2 is 2.22 bits per heavy atom. The van der Waals surface area contributed by atoms with E-state index in [1.54, 1.807) is 0 Å². The molecule has 0 saturated heterocycles. The Morgan fingerprint density at radius 3 is 2.44 bits per heavy atom. The van der Waals surface area contributed by atoms with Crippen molar-refractivity contribution in [2.45, 2.75) is 19.2 Å². The van der Waals surface area contributed by atoms with Crippen LogP contribution in [-0.4, -0.2) is 0 Å². The number of aryl methyl sites for hydroxylation is 2. The third kappa shape index (κ3) is 1.55. The molecule has 0 atom stereocenters. The van der Waals surface area contributed by atoms with Gasteiger partial charge in [-0.3, -0.25) is 0 Å². The van der Waals surface area contributed by atoms with Crippen LogP contribution in [0.15, 0.2) is 6.07 Å². The second-order valence-electron chi connectivity index (χ2n) is 2.09. The lowest BCUT2D eigenvalue weighted by Crippen LogP contribution is -1.63. The van der Waals surface area contributed by atoms with E-state index in [-0.39, 0.29) is 0 Å². The lowest BCUT2D eigenvalue weighted by molar-refractivity contribution is 1.42. The molecule has 0 nitrogen and oxygen atoms in total. The molecular formula is C7H9BrS. The summed E-state index contributed by atoms with van der Waals surface area (Å²) in [4.78, 5) is 2.86. The fourth-order valence-corrected chi connectivity index (χ4v) is 2.12. The molecule has 0 unspecified atom stereocenters. The first kappa shape index (κ1) is 7.29. The Hall–Kier alpha value is 0.180. The molecule has 0 amide bonds. The fourth-order valence-electron chi connectivity index (χ4n) is 0.716. The lowest BCUT2D eigenvalue weighted by atomic mass is 10.3. The van der Waals surface area contributed by atoms with E-state index in [1.165, 1.54) is 15.3 Å². The summed E-state index contributed by atoms with van der Waals surface area (Å²) in [6, 6.07) is 2.23. The normalized spacial score (nSPS) is 10.1. The van der Waals surface area contributed by atoms with Crippen molar-refractivity contribution in [1.82, 2.24) is 0 Å². The summed E-state index contributed by atoms with van der Waals surface area (Å²) in [6.45, 7) is 4.31. The molecule has 2 heteroatoms. The average Bonchev–Trinajstić information content (AvgIpc) is 2.13. The molecule has 1 aromatic heterocycles. The highest BCUT2D eigenvalue weighted by molar-refractivity contribution is 9.08. The van der Waals surface area contributed by atoms with E-state index in [0.29, 0.717) is 0 Å². The van der Waals surface area contributed by atoms with E-state index in [0.717, 1.165) is 5.33 Å². The Labute approximate surface area is 68.0 Å². The van der Waals surface area contributed by atoms with Gasteiger partial charge in [-0.05, 0) is 25.5 Å². The van der Waals surface area contributed by atoms with E-state index < -0.39 is 0 Å². The van der Waals surface area contributed by atoms with E-state index in [9.17, 15) is 0 Å². The average molecular weight is 205 g/mol. The molecule has 0 aliphatic carbocycles. The topological polar surface area (TPSA) is 0 Å². The highest BCUT2D eigenvalue weighted by atomic mass is 79.9. The number of rotatable bonds is 1. The molecule has 0 fully saturated rings. The van der Waals surface area contributed by atoms with Crippen LogP contribution in [0.5, 0.6) is 0 Å². The monoisotopic (exact) mass is 204 g/mol. The molecule has 0 saturated carbocycles. The zero-order valence-corrected chi connectivity index (χ0v) is 7.97. The Kier molecular flexibility index (Phi) is 2.30. The molecule has 0 N–H and O–H groups in total. The van der Waals surface area contributed by atoms with Crippen LogP contribution in [0.25, 0.3) is 0 Å². The Morgan fingerprint density at radius 1 is 1.56 bits per heavy atom. The minimum atomic E-state index is 0.992. The highest BCUT2D eigenvalue weighted by Crippen LogP contribution is 2.22. The first-order chi connectivity index (χ1) is 4.24. The van der Waals surface area contributed by atoms with Crippen molar-refractivity contribution >= 4 is 27.3 Å². The molecule has 0 radical (unpaired) electrons. The molecule has 1 aromatic rings. The SMILES string of the molecule is Cc1cc(CBr)sc1C. The quantitative estimate of drug-likeness (QED) is 0.617. The van der Waals surface area contributed by atoms with Gasteiger partial charge in [0, 0.05) is 15.1 Å². The predicted octanol–water partition coefficient (Wildman–Crippen LogP) is 3.26. The summed E-state index contributed by atoms with van der Waals surface area (Å²) in [5.41, 5.74) is 1.41. The predicted molar refractivity (Wildman–Crippen MR) is 46.4 cm³/mol. The zero-order chi connectivity index (χ0) is 6.85. The summed E-state index contributed by atoms with van der Waals surface area (Å²) in [7, 11) is 0. The van der Waals surface area contributed by atoms with E-state index in [1.807, 2.05) is 11.3 Å². The van der Waals surface area contributed by atoms with Crippen molar-refractivity contribution in [3.8, 4) is 0 Å². The summed E-state index contributed by atoms with van der Waals surface area (Å²) >= 11 is 5.28. The van der Waals surface area contributed by atoms with Gasteiger partial charge in [0.15, 0.2) is 0 Å². The smallest absolute Gasteiger partial charge is 0.0377 e. The van der Waals surface area contributed by atoms with Gasteiger partial charge in [-0.15, -0.1) is 11.3 Å². The standard InChI is InChI=1S/C7H9BrS/c1-5-3-7(4-8)9-6(5)2/h3H,4H2,1-2H3. The van der Waals surface area contributed by atoms with Crippen molar-refractivity contribution < 1.29 is 0 Å². The van der Waals surface area contributed by atoms with Crippen LogP contribution in [0.1, 0.15) is 15.3 Å². The van der Waals surface area contributed by atoms with Crippen molar-refractivity contribution in [2.24, 2.45) is 0 Å². The maximum absolute atomic E-state index is 3.42. The van der Waals surface area contributed by atoms with Gasteiger partial charge in [-0.1, -0.05) is 15.9 Å². The summed E-state index contributed by atoms with van der Waals surface area (Å²) in [6.07, 6.45) is 0. The second kappa shape index (κ2) is 2.84. The van der Waals surface area contributed by atoms with Crippen LogP contribution in [-0.2, 0) is 5.33 Å². The summed E-state index contributed by atoms with van der Waals surface area (Å²) in [5.74, 6) is 0. The van der Waals surface area contributed by atoms with Crippen molar-refractivity contribution in [2.75, 3.05) is 0 Å². The highest BCUT2D eigenvalue weighted by Gasteiger charge is 1.97. The molecule has 1 heterocycles. The third-order valence-electron chi connectivity index (χ3n) is 1.35.